The summed E-state index contributed by atoms with van der Waals surface area (Å²) in [5, 5.41) is 13.3. The van der Waals surface area contributed by atoms with Gasteiger partial charge in [0.25, 0.3) is 0 Å². The van der Waals surface area contributed by atoms with Crippen molar-refractivity contribution in [1.82, 2.24) is 5.32 Å². The fraction of sp³-hybridized carbons (Fsp3) is 0.250. The van der Waals surface area contributed by atoms with Gasteiger partial charge < -0.3 is 15.2 Å². The van der Waals surface area contributed by atoms with E-state index in [1.54, 1.807) is 0 Å². The van der Waals surface area contributed by atoms with Gasteiger partial charge in [-0.1, -0.05) is 42.8 Å². The number of rotatable bonds is 6. The first kappa shape index (κ1) is 14.9. The molecule has 2 rings (SSSR count). The van der Waals surface area contributed by atoms with Gasteiger partial charge in [0.1, 0.15) is 11.5 Å². The first-order valence-electron chi connectivity index (χ1n) is 6.61. The van der Waals surface area contributed by atoms with Gasteiger partial charge in [-0.2, -0.15) is 0 Å². The Balaban J connectivity index is 2.30. The Bertz CT molecular complexity index is 572. The van der Waals surface area contributed by atoms with Crippen LogP contribution in [0, 0.1) is 0 Å². The first-order valence-corrected chi connectivity index (χ1v) is 6.98. The lowest BCUT2D eigenvalue weighted by Crippen LogP contribution is -2.13. The summed E-state index contributed by atoms with van der Waals surface area (Å²) in [4.78, 5) is 0. The van der Waals surface area contributed by atoms with E-state index in [4.69, 9.17) is 16.3 Å². The van der Waals surface area contributed by atoms with Gasteiger partial charge >= 0.3 is 0 Å². The molecular weight excluding hydrogens is 274 g/mol. The van der Waals surface area contributed by atoms with Crippen LogP contribution in [0.3, 0.4) is 0 Å². The lowest BCUT2D eigenvalue weighted by molar-refractivity contribution is 0.276. The van der Waals surface area contributed by atoms with Crippen LogP contribution in [-0.4, -0.2) is 11.7 Å². The zero-order chi connectivity index (χ0) is 14.4. The van der Waals surface area contributed by atoms with Crippen molar-refractivity contribution in [1.29, 1.82) is 0 Å². The SMILES string of the molecule is CCNCc1c(Cl)cccc1Oc1ccccc1CO. The standard InChI is InChI=1S/C16H18ClNO2/c1-2-18-10-13-14(17)7-5-9-16(13)20-15-8-4-3-6-12(15)11-19/h3-9,18-19H,2,10-11H2,1H3. The number of halogens is 1. The second-order valence-electron chi connectivity index (χ2n) is 4.36. The second-order valence-corrected chi connectivity index (χ2v) is 4.77. The van der Waals surface area contributed by atoms with Gasteiger partial charge in [-0.05, 0) is 24.7 Å². The number of para-hydroxylation sites is 1. The molecule has 3 nitrogen and oxygen atoms in total. The normalized spacial score (nSPS) is 10.6. The fourth-order valence-corrected chi connectivity index (χ4v) is 2.14. The van der Waals surface area contributed by atoms with Crippen LogP contribution in [-0.2, 0) is 13.2 Å². The average Bonchev–Trinajstić information content (AvgIpc) is 2.47. The number of aliphatic hydroxyl groups is 1. The summed E-state index contributed by atoms with van der Waals surface area (Å²) < 4.78 is 5.92. The summed E-state index contributed by atoms with van der Waals surface area (Å²) >= 11 is 6.24. The van der Waals surface area contributed by atoms with E-state index in [9.17, 15) is 5.11 Å². The highest BCUT2D eigenvalue weighted by Gasteiger charge is 2.10. The molecule has 0 heterocycles. The van der Waals surface area contributed by atoms with E-state index in [-0.39, 0.29) is 6.61 Å². The smallest absolute Gasteiger partial charge is 0.133 e. The molecule has 0 fully saturated rings. The number of benzene rings is 2. The Hall–Kier alpha value is -1.55. The maximum atomic E-state index is 9.34. The number of nitrogens with one attached hydrogen (secondary N) is 1. The monoisotopic (exact) mass is 291 g/mol. The topological polar surface area (TPSA) is 41.5 Å². The minimum absolute atomic E-state index is 0.0563. The van der Waals surface area contributed by atoms with Crippen molar-refractivity contribution in [3.8, 4) is 11.5 Å². The molecule has 0 aliphatic rings. The molecule has 0 saturated carbocycles. The van der Waals surface area contributed by atoms with E-state index in [1.807, 2.05) is 49.4 Å². The summed E-state index contributed by atoms with van der Waals surface area (Å²) in [6.45, 7) is 3.49. The molecule has 106 valence electrons. The van der Waals surface area contributed by atoms with Crippen LogP contribution in [0.5, 0.6) is 11.5 Å². The fourth-order valence-electron chi connectivity index (χ4n) is 1.91. The molecular formula is C16H18ClNO2. The van der Waals surface area contributed by atoms with Crippen molar-refractivity contribution in [3.63, 3.8) is 0 Å². The van der Waals surface area contributed by atoms with Crippen LogP contribution in [0.4, 0.5) is 0 Å². The zero-order valence-electron chi connectivity index (χ0n) is 11.4. The minimum atomic E-state index is -0.0563. The lowest BCUT2D eigenvalue weighted by Gasteiger charge is -2.14. The van der Waals surface area contributed by atoms with Gasteiger partial charge in [0.2, 0.25) is 0 Å². The molecule has 2 aromatic carbocycles. The number of hydrogen-bond acceptors (Lipinski definition) is 3. The molecule has 0 saturated heterocycles. The summed E-state index contributed by atoms with van der Waals surface area (Å²) in [5.41, 5.74) is 1.67. The maximum Gasteiger partial charge on any atom is 0.133 e. The van der Waals surface area contributed by atoms with E-state index < -0.39 is 0 Å². The average molecular weight is 292 g/mol. The van der Waals surface area contributed by atoms with Crippen molar-refractivity contribution in [3.05, 3.63) is 58.6 Å². The van der Waals surface area contributed by atoms with Gasteiger partial charge in [0, 0.05) is 22.7 Å². The molecule has 0 radical (unpaired) electrons. The van der Waals surface area contributed by atoms with E-state index >= 15 is 0 Å². The lowest BCUT2D eigenvalue weighted by atomic mass is 10.2. The maximum absolute atomic E-state index is 9.34. The Kier molecular flexibility index (Phi) is 5.41. The molecule has 0 spiro atoms. The summed E-state index contributed by atoms with van der Waals surface area (Å²) in [6.07, 6.45) is 0. The number of hydrogen-bond donors (Lipinski definition) is 2. The van der Waals surface area contributed by atoms with Crippen LogP contribution in [0.2, 0.25) is 5.02 Å². The zero-order valence-corrected chi connectivity index (χ0v) is 12.2. The van der Waals surface area contributed by atoms with Crippen molar-refractivity contribution in [2.24, 2.45) is 0 Å². The third kappa shape index (κ3) is 3.51. The van der Waals surface area contributed by atoms with Crippen molar-refractivity contribution >= 4 is 11.6 Å². The van der Waals surface area contributed by atoms with E-state index in [2.05, 4.69) is 5.32 Å². The molecule has 0 aliphatic carbocycles. The summed E-state index contributed by atoms with van der Waals surface area (Å²) in [6, 6.07) is 13.0. The van der Waals surface area contributed by atoms with Gasteiger partial charge in [-0.3, -0.25) is 0 Å². The molecule has 0 atom stereocenters. The Morgan fingerprint density at radius 3 is 2.60 bits per heavy atom. The molecule has 2 aromatic rings. The predicted octanol–water partition coefficient (Wildman–Crippen LogP) is 3.73. The molecule has 2 N–H and O–H groups in total. The van der Waals surface area contributed by atoms with Crippen LogP contribution in [0.1, 0.15) is 18.1 Å². The molecule has 20 heavy (non-hydrogen) atoms. The summed E-state index contributed by atoms with van der Waals surface area (Å²) in [7, 11) is 0. The molecule has 0 amide bonds. The molecule has 0 unspecified atom stereocenters. The Labute approximate surface area is 124 Å². The summed E-state index contributed by atoms with van der Waals surface area (Å²) in [5.74, 6) is 1.36. The number of aliphatic hydroxyl groups excluding tert-OH is 1. The predicted molar refractivity (Wildman–Crippen MR) is 81.3 cm³/mol. The van der Waals surface area contributed by atoms with Crippen molar-refractivity contribution in [2.75, 3.05) is 6.54 Å². The molecule has 4 heteroatoms. The third-order valence-corrected chi connectivity index (χ3v) is 3.34. The van der Waals surface area contributed by atoms with E-state index in [0.717, 1.165) is 17.7 Å². The van der Waals surface area contributed by atoms with Gasteiger partial charge in [0.05, 0.1) is 6.61 Å². The van der Waals surface area contributed by atoms with E-state index in [0.29, 0.717) is 23.1 Å². The van der Waals surface area contributed by atoms with Crippen LogP contribution in [0.15, 0.2) is 42.5 Å². The Morgan fingerprint density at radius 1 is 1.10 bits per heavy atom. The van der Waals surface area contributed by atoms with Crippen LogP contribution in [0.25, 0.3) is 0 Å². The van der Waals surface area contributed by atoms with Crippen molar-refractivity contribution < 1.29 is 9.84 Å². The Morgan fingerprint density at radius 2 is 1.85 bits per heavy atom. The highest BCUT2D eigenvalue weighted by molar-refractivity contribution is 6.31. The molecule has 0 aliphatic heterocycles. The van der Waals surface area contributed by atoms with E-state index in [1.165, 1.54) is 0 Å². The van der Waals surface area contributed by atoms with Crippen LogP contribution < -0.4 is 10.1 Å². The molecule has 0 bridgehead atoms. The van der Waals surface area contributed by atoms with Crippen LogP contribution >= 0.6 is 11.6 Å². The minimum Gasteiger partial charge on any atom is -0.457 e. The molecule has 0 aromatic heterocycles. The van der Waals surface area contributed by atoms with Gasteiger partial charge in [-0.25, -0.2) is 0 Å². The second kappa shape index (κ2) is 7.29. The van der Waals surface area contributed by atoms with Gasteiger partial charge in [-0.15, -0.1) is 0 Å². The highest BCUT2D eigenvalue weighted by Crippen LogP contribution is 2.32. The highest BCUT2D eigenvalue weighted by atomic mass is 35.5. The van der Waals surface area contributed by atoms with Crippen molar-refractivity contribution in [2.45, 2.75) is 20.1 Å². The third-order valence-electron chi connectivity index (χ3n) is 2.99. The first-order chi connectivity index (χ1) is 9.76. The largest absolute Gasteiger partial charge is 0.457 e. The van der Waals surface area contributed by atoms with Gasteiger partial charge in [0.15, 0.2) is 0 Å². The quantitative estimate of drug-likeness (QED) is 0.852. The number of ether oxygens (including phenoxy) is 1.